The molecule has 1 fully saturated rings. The molecule has 5 nitrogen and oxygen atoms in total. The highest BCUT2D eigenvalue weighted by Gasteiger charge is 2.27. The third-order valence-electron chi connectivity index (χ3n) is 3.84. The van der Waals surface area contributed by atoms with E-state index >= 15 is 0 Å². The third kappa shape index (κ3) is 3.56. The molecule has 0 radical (unpaired) electrons. The maximum absolute atomic E-state index is 12.3. The standard InChI is InChI=1S/C14H18ClNO4S/c1-8-6-11(7-13(9(8)2)21(15,18)19)14(17)16-12-4-5-20-10(12)3/h6-7,10,12H,4-5H2,1-3H3,(H,16,17). The largest absolute Gasteiger partial charge is 0.376 e. The summed E-state index contributed by atoms with van der Waals surface area (Å²) in [4.78, 5) is 12.3. The van der Waals surface area contributed by atoms with E-state index in [0.29, 0.717) is 17.7 Å². The molecule has 0 aliphatic carbocycles. The Labute approximate surface area is 129 Å². The maximum Gasteiger partial charge on any atom is 0.261 e. The summed E-state index contributed by atoms with van der Waals surface area (Å²) in [6.45, 7) is 5.92. The molecule has 21 heavy (non-hydrogen) atoms. The highest BCUT2D eigenvalue weighted by atomic mass is 35.7. The lowest BCUT2D eigenvalue weighted by molar-refractivity contribution is 0.0866. The Morgan fingerprint density at radius 2 is 2.05 bits per heavy atom. The fourth-order valence-corrected chi connectivity index (χ4v) is 3.66. The van der Waals surface area contributed by atoms with E-state index in [0.717, 1.165) is 6.42 Å². The van der Waals surface area contributed by atoms with Crippen molar-refractivity contribution in [3.63, 3.8) is 0 Å². The summed E-state index contributed by atoms with van der Waals surface area (Å²) >= 11 is 0. The topological polar surface area (TPSA) is 72.5 Å². The summed E-state index contributed by atoms with van der Waals surface area (Å²) < 4.78 is 28.6. The van der Waals surface area contributed by atoms with Crippen LogP contribution in [0.5, 0.6) is 0 Å². The maximum atomic E-state index is 12.3. The Balaban J connectivity index is 2.32. The van der Waals surface area contributed by atoms with Crippen LogP contribution in [0.3, 0.4) is 0 Å². The van der Waals surface area contributed by atoms with E-state index in [1.807, 2.05) is 6.92 Å². The molecule has 7 heteroatoms. The Morgan fingerprint density at radius 1 is 1.38 bits per heavy atom. The van der Waals surface area contributed by atoms with Crippen LogP contribution in [0.15, 0.2) is 17.0 Å². The monoisotopic (exact) mass is 331 g/mol. The van der Waals surface area contributed by atoms with E-state index in [9.17, 15) is 13.2 Å². The average molecular weight is 332 g/mol. The van der Waals surface area contributed by atoms with Gasteiger partial charge in [0.1, 0.15) is 0 Å². The molecule has 2 unspecified atom stereocenters. The van der Waals surface area contributed by atoms with Gasteiger partial charge in [0.25, 0.3) is 15.0 Å². The number of nitrogens with one attached hydrogen (secondary N) is 1. The normalized spacial score (nSPS) is 22.3. The van der Waals surface area contributed by atoms with Gasteiger partial charge in [-0.25, -0.2) is 8.42 Å². The highest BCUT2D eigenvalue weighted by molar-refractivity contribution is 8.13. The molecule has 1 aliphatic rings. The molecule has 2 rings (SSSR count). The lowest BCUT2D eigenvalue weighted by Gasteiger charge is -2.17. The Hall–Kier alpha value is -1.11. The summed E-state index contributed by atoms with van der Waals surface area (Å²) in [5, 5.41) is 2.87. The first kappa shape index (κ1) is 16.3. The fraction of sp³-hybridized carbons (Fsp3) is 0.500. The van der Waals surface area contributed by atoms with E-state index in [2.05, 4.69) is 5.32 Å². The van der Waals surface area contributed by atoms with E-state index in [1.165, 1.54) is 6.07 Å². The van der Waals surface area contributed by atoms with Crippen molar-refractivity contribution in [2.45, 2.75) is 44.2 Å². The predicted octanol–water partition coefficient (Wildman–Crippen LogP) is 2.14. The summed E-state index contributed by atoms with van der Waals surface area (Å²) in [7, 11) is 1.54. The molecule has 0 aromatic heterocycles. The molecular formula is C14H18ClNO4S. The minimum Gasteiger partial charge on any atom is -0.376 e. The van der Waals surface area contributed by atoms with Crippen molar-refractivity contribution in [1.29, 1.82) is 0 Å². The molecule has 1 aromatic rings. The molecule has 1 heterocycles. The third-order valence-corrected chi connectivity index (χ3v) is 5.29. The summed E-state index contributed by atoms with van der Waals surface area (Å²) in [5.41, 5.74) is 1.55. The fourth-order valence-electron chi connectivity index (χ4n) is 2.38. The number of halogens is 1. The van der Waals surface area contributed by atoms with Crippen LogP contribution in [0, 0.1) is 13.8 Å². The molecule has 1 aromatic carbocycles. The number of amides is 1. The Kier molecular flexibility index (Phi) is 4.60. The second-order valence-corrected chi connectivity index (χ2v) is 7.83. The van der Waals surface area contributed by atoms with Crippen LogP contribution in [-0.4, -0.2) is 33.1 Å². The van der Waals surface area contributed by atoms with Gasteiger partial charge in [-0.15, -0.1) is 0 Å². The van der Waals surface area contributed by atoms with Crippen molar-refractivity contribution < 1.29 is 17.9 Å². The van der Waals surface area contributed by atoms with E-state index in [1.54, 1.807) is 19.9 Å². The van der Waals surface area contributed by atoms with Crippen LogP contribution in [0.25, 0.3) is 0 Å². The van der Waals surface area contributed by atoms with E-state index in [-0.39, 0.29) is 28.5 Å². The van der Waals surface area contributed by atoms with Crippen LogP contribution in [0.2, 0.25) is 0 Å². The lowest BCUT2D eigenvalue weighted by atomic mass is 10.0. The zero-order chi connectivity index (χ0) is 15.8. The summed E-state index contributed by atoms with van der Waals surface area (Å²) in [5.74, 6) is -0.318. The SMILES string of the molecule is Cc1cc(C(=O)NC2CCOC2C)cc(S(=O)(=O)Cl)c1C. The molecule has 1 aliphatic heterocycles. The van der Waals surface area contributed by atoms with E-state index < -0.39 is 9.05 Å². The highest BCUT2D eigenvalue weighted by Crippen LogP contribution is 2.24. The molecule has 2 atom stereocenters. The zero-order valence-corrected chi connectivity index (χ0v) is 13.7. The van der Waals surface area contributed by atoms with Gasteiger partial charge in [-0.05, 0) is 50.5 Å². The number of carbonyl (C=O) groups is 1. The molecule has 116 valence electrons. The van der Waals surface area contributed by atoms with Crippen LogP contribution in [-0.2, 0) is 13.8 Å². The van der Waals surface area contributed by atoms with Gasteiger partial charge >= 0.3 is 0 Å². The minimum atomic E-state index is -3.88. The number of carbonyl (C=O) groups excluding carboxylic acids is 1. The second-order valence-electron chi connectivity index (χ2n) is 5.30. The van der Waals surface area contributed by atoms with Gasteiger partial charge in [0.2, 0.25) is 0 Å². The number of aryl methyl sites for hydroxylation is 1. The number of rotatable bonds is 3. The van der Waals surface area contributed by atoms with Crippen LogP contribution in [0.1, 0.15) is 34.8 Å². The zero-order valence-electron chi connectivity index (χ0n) is 12.1. The first-order valence-corrected chi connectivity index (χ1v) is 8.99. The molecule has 1 N–H and O–H groups in total. The number of ether oxygens (including phenoxy) is 1. The first-order chi connectivity index (χ1) is 9.70. The van der Waals surface area contributed by atoms with Crippen molar-refractivity contribution in [2.24, 2.45) is 0 Å². The van der Waals surface area contributed by atoms with Crippen molar-refractivity contribution in [3.8, 4) is 0 Å². The van der Waals surface area contributed by atoms with Crippen molar-refractivity contribution in [2.75, 3.05) is 6.61 Å². The number of benzene rings is 1. The van der Waals surface area contributed by atoms with Gasteiger partial charge in [0.05, 0.1) is 17.0 Å². The smallest absolute Gasteiger partial charge is 0.261 e. The molecule has 1 saturated heterocycles. The molecule has 0 bridgehead atoms. The molecule has 0 spiro atoms. The van der Waals surface area contributed by atoms with Gasteiger partial charge in [-0.2, -0.15) is 0 Å². The number of hydrogen-bond donors (Lipinski definition) is 1. The molecule has 1 amide bonds. The Bertz CT molecular complexity index is 672. The average Bonchev–Trinajstić information content (AvgIpc) is 2.76. The molecule has 0 saturated carbocycles. The van der Waals surface area contributed by atoms with Gasteiger partial charge in [-0.1, -0.05) is 0 Å². The molecular weight excluding hydrogens is 314 g/mol. The van der Waals surface area contributed by atoms with Gasteiger partial charge in [-0.3, -0.25) is 4.79 Å². The van der Waals surface area contributed by atoms with Crippen LogP contribution in [0.4, 0.5) is 0 Å². The summed E-state index contributed by atoms with van der Waals surface area (Å²) in [6, 6.07) is 2.92. The van der Waals surface area contributed by atoms with Crippen molar-refractivity contribution >= 4 is 25.6 Å². The van der Waals surface area contributed by atoms with E-state index in [4.69, 9.17) is 15.4 Å². The van der Waals surface area contributed by atoms with Gasteiger partial charge in [0, 0.05) is 22.9 Å². The van der Waals surface area contributed by atoms with Crippen molar-refractivity contribution in [1.82, 2.24) is 5.32 Å². The Morgan fingerprint density at radius 3 is 2.57 bits per heavy atom. The predicted molar refractivity (Wildman–Crippen MR) is 80.2 cm³/mol. The van der Waals surface area contributed by atoms with Crippen molar-refractivity contribution in [3.05, 3.63) is 28.8 Å². The first-order valence-electron chi connectivity index (χ1n) is 6.68. The summed E-state index contributed by atoms with van der Waals surface area (Å²) in [6.07, 6.45) is 0.704. The second kappa shape index (κ2) is 5.94. The number of hydrogen-bond acceptors (Lipinski definition) is 4. The van der Waals surface area contributed by atoms with Gasteiger partial charge in [0.15, 0.2) is 0 Å². The quantitative estimate of drug-likeness (QED) is 0.861. The van der Waals surface area contributed by atoms with Crippen LogP contribution >= 0.6 is 10.7 Å². The van der Waals surface area contributed by atoms with Crippen LogP contribution < -0.4 is 5.32 Å². The lowest BCUT2D eigenvalue weighted by Crippen LogP contribution is -2.39. The minimum absolute atomic E-state index is 0.0231. The van der Waals surface area contributed by atoms with Gasteiger partial charge < -0.3 is 10.1 Å².